The Kier molecular flexibility index (Phi) is 4.96. The minimum Gasteiger partial charge on any atom is -0.376 e. The number of aryl methyl sites for hydroxylation is 1. The van der Waals surface area contributed by atoms with Crippen LogP contribution in [-0.2, 0) is 20.7 Å². The first-order chi connectivity index (χ1) is 11.2. The molecule has 23 heavy (non-hydrogen) atoms. The quantitative estimate of drug-likeness (QED) is 0.902. The van der Waals surface area contributed by atoms with Gasteiger partial charge in [-0.2, -0.15) is 0 Å². The van der Waals surface area contributed by atoms with E-state index in [9.17, 15) is 9.59 Å². The van der Waals surface area contributed by atoms with E-state index in [0.717, 1.165) is 31.6 Å². The average Bonchev–Trinajstić information content (AvgIpc) is 3.22. The molecule has 3 rings (SSSR count). The molecule has 124 valence electrons. The van der Waals surface area contributed by atoms with E-state index in [-0.39, 0.29) is 30.3 Å². The number of nitrogens with one attached hydrogen (secondary N) is 1. The second kappa shape index (κ2) is 7.13. The molecule has 1 aromatic carbocycles. The molecule has 0 saturated carbocycles. The number of nitrogens with zero attached hydrogens (tertiary/aromatic N) is 1. The fourth-order valence-corrected chi connectivity index (χ4v) is 3.21. The third-order valence-electron chi connectivity index (χ3n) is 4.68. The van der Waals surface area contributed by atoms with Crippen molar-refractivity contribution in [2.45, 2.75) is 38.7 Å². The Morgan fingerprint density at radius 2 is 2.13 bits per heavy atom. The van der Waals surface area contributed by atoms with Crippen molar-refractivity contribution in [1.82, 2.24) is 5.32 Å². The molecule has 0 radical (unpaired) electrons. The molecule has 2 heterocycles. The number of hydrogen-bond acceptors (Lipinski definition) is 3. The van der Waals surface area contributed by atoms with Crippen molar-refractivity contribution in [3.63, 3.8) is 0 Å². The lowest BCUT2D eigenvalue weighted by Gasteiger charge is -2.17. The molecule has 1 aromatic rings. The van der Waals surface area contributed by atoms with Crippen LogP contribution >= 0.6 is 0 Å². The summed E-state index contributed by atoms with van der Waals surface area (Å²) in [7, 11) is 0. The predicted octanol–water partition coefficient (Wildman–Crippen LogP) is 1.90. The SMILES string of the molecule is CCc1ccc(N2C[C@H](C(=O)NC[C@H]3CCCO3)CC2=O)cc1. The van der Waals surface area contributed by atoms with Crippen molar-refractivity contribution in [3.05, 3.63) is 29.8 Å². The topological polar surface area (TPSA) is 58.6 Å². The molecule has 0 aliphatic carbocycles. The molecule has 2 saturated heterocycles. The standard InChI is InChI=1S/C18H24N2O3/c1-2-13-5-7-15(8-6-13)20-12-14(10-17(20)21)18(22)19-11-16-4-3-9-23-16/h5-8,14,16H,2-4,9-12H2,1H3,(H,19,22)/t14-,16-/m1/s1. The van der Waals surface area contributed by atoms with Gasteiger partial charge in [-0.05, 0) is 37.0 Å². The summed E-state index contributed by atoms with van der Waals surface area (Å²) in [6.45, 7) is 3.89. The van der Waals surface area contributed by atoms with E-state index >= 15 is 0 Å². The maximum Gasteiger partial charge on any atom is 0.227 e. The highest BCUT2D eigenvalue weighted by Gasteiger charge is 2.35. The molecule has 0 unspecified atom stereocenters. The van der Waals surface area contributed by atoms with Crippen molar-refractivity contribution in [2.75, 3.05) is 24.6 Å². The number of rotatable bonds is 5. The molecule has 2 atom stereocenters. The second-order valence-corrected chi connectivity index (χ2v) is 6.31. The third-order valence-corrected chi connectivity index (χ3v) is 4.68. The summed E-state index contributed by atoms with van der Waals surface area (Å²) in [6.07, 6.45) is 3.45. The largest absolute Gasteiger partial charge is 0.376 e. The summed E-state index contributed by atoms with van der Waals surface area (Å²) in [5.41, 5.74) is 2.12. The number of anilines is 1. The van der Waals surface area contributed by atoms with Gasteiger partial charge in [0.15, 0.2) is 0 Å². The summed E-state index contributed by atoms with van der Waals surface area (Å²) in [4.78, 5) is 26.2. The molecule has 5 heteroatoms. The summed E-state index contributed by atoms with van der Waals surface area (Å²) in [5.74, 6) is -0.289. The molecule has 2 amide bonds. The van der Waals surface area contributed by atoms with E-state index in [1.807, 2.05) is 24.3 Å². The summed E-state index contributed by atoms with van der Waals surface area (Å²) >= 11 is 0. The number of carbonyl (C=O) groups is 2. The molecule has 5 nitrogen and oxygen atoms in total. The van der Waals surface area contributed by atoms with Gasteiger partial charge in [0.25, 0.3) is 0 Å². The first-order valence-corrected chi connectivity index (χ1v) is 8.46. The summed E-state index contributed by atoms with van der Waals surface area (Å²) in [6, 6.07) is 7.99. The number of hydrogen-bond donors (Lipinski definition) is 1. The Bertz CT molecular complexity index is 564. The minimum atomic E-state index is -0.269. The maximum absolute atomic E-state index is 12.3. The number of amides is 2. The zero-order chi connectivity index (χ0) is 16.2. The Hall–Kier alpha value is -1.88. The van der Waals surface area contributed by atoms with E-state index in [1.165, 1.54) is 5.56 Å². The van der Waals surface area contributed by atoms with Gasteiger partial charge in [0.05, 0.1) is 12.0 Å². The number of benzene rings is 1. The van der Waals surface area contributed by atoms with Crippen LogP contribution in [0.5, 0.6) is 0 Å². The van der Waals surface area contributed by atoms with Gasteiger partial charge < -0.3 is 15.0 Å². The summed E-state index contributed by atoms with van der Waals surface area (Å²) < 4.78 is 5.51. The third kappa shape index (κ3) is 3.72. The van der Waals surface area contributed by atoms with Gasteiger partial charge in [-0.15, -0.1) is 0 Å². The van der Waals surface area contributed by atoms with Gasteiger partial charge >= 0.3 is 0 Å². The average molecular weight is 316 g/mol. The van der Waals surface area contributed by atoms with Crippen LogP contribution in [0.25, 0.3) is 0 Å². The second-order valence-electron chi connectivity index (χ2n) is 6.31. The van der Waals surface area contributed by atoms with Crippen LogP contribution in [0.15, 0.2) is 24.3 Å². The van der Waals surface area contributed by atoms with Crippen LogP contribution < -0.4 is 10.2 Å². The van der Waals surface area contributed by atoms with Gasteiger partial charge in [-0.1, -0.05) is 19.1 Å². The van der Waals surface area contributed by atoms with Crippen LogP contribution in [0.1, 0.15) is 31.7 Å². The van der Waals surface area contributed by atoms with Gasteiger partial charge in [0.1, 0.15) is 0 Å². The molecule has 0 aromatic heterocycles. The summed E-state index contributed by atoms with van der Waals surface area (Å²) in [5, 5.41) is 2.93. The lowest BCUT2D eigenvalue weighted by molar-refractivity contribution is -0.126. The van der Waals surface area contributed by atoms with Crippen LogP contribution in [0, 0.1) is 5.92 Å². The van der Waals surface area contributed by atoms with Crippen molar-refractivity contribution in [2.24, 2.45) is 5.92 Å². The number of ether oxygens (including phenoxy) is 1. The Morgan fingerprint density at radius 3 is 2.78 bits per heavy atom. The van der Waals surface area contributed by atoms with E-state index < -0.39 is 0 Å². The number of carbonyl (C=O) groups excluding carboxylic acids is 2. The molecule has 1 N–H and O–H groups in total. The molecular weight excluding hydrogens is 292 g/mol. The highest BCUT2D eigenvalue weighted by atomic mass is 16.5. The molecule has 0 spiro atoms. The lowest BCUT2D eigenvalue weighted by Crippen LogP contribution is -2.37. The molecular formula is C18H24N2O3. The van der Waals surface area contributed by atoms with E-state index in [0.29, 0.717) is 13.1 Å². The van der Waals surface area contributed by atoms with Crippen LogP contribution in [-0.4, -0.2) is 37.6 Å². The van der Waals surface area contributed by atoms with E-state index in [2.05, 4.69) is 12.2 Å². The molecule has 2 fully saturated rings. The molecule has 2 aliphatic rings. The van der Waals surface area contributed by atoms with Crippen LogP contribution in [0.3, 0.4) is 0 Å². The van der Waals surface area contributed by atoms with Gasteiger partial charge in [-0.3, -0.25) is 9.59 Å². The highest BCUT2D eigenvalue weighted by Crippen LogP contribution is 2.25. The van der Waals surface area contributed by atoms with Crippen LogP contribution in [0.2, 0.25) is 0 Å². The fourth-order valence-electron chi connectivity index (χ4n) is 3.21. The smallest absolute Gasteiger partial charge is 0.227 e. The maximum atomic E-state index is 12.3. The van der Waals surface area contributed by atoms with Gasteiger partial charge in [0, 0.05) is 31.8 Å². The van der Waals surface area contributed by atoms with Crippen molar-refractivity contribution in [3.8, 4) is 0 Å². The van der Waals surface area contributed by atoms with Crippen molar-refractivity contribution < 1.29 is 14.3 Å². The first kappa shape index (κ1) is 16.0. The first-order valence-electron chi connectivity index (χ1n) is 8.46. The normalized spacial score (nSPS) is 24.2. The zero-order valence-electron chi connectivity index (χ0n) is 13.6. The van der Waals surface area contributed by atoms with Crippen LogP contribution in [0.4, 0.5) is 5.69 Å². The minimum absolute atomic E-state index is 0.0199. The highest BCUT2D eigenvalue weighted by molar-refractivity contribution is 6.00. The Morgan fingerprint density at radius 1 is 1.35 bits per heavy atom. The lowest BCUT2D eigenvalue weighted by atomic mass is 10.1. The monoisotopic (exact) mass is 316 g/mol. The molecule has 0 bridgehead atoms. The Balaban J connectivity index is 1.56. The fraction of sp³-hybridized carbons (Fsp3) is 0.556. The van der Waals surface area contributed by atoms with E-state index in [4.69, 9.17) is 4.74 Å². The Labute approximate surface area is 137 Å². The molecule has 2 aliphatic heterocycles. The van der Waals surface area contributed by atoms with Crippen molar-refractivity contribution in [1.29, 1.82) is 0 Å². The van der Waals surface area contributed by atoms with Crippen molar-refractivity contribution >= 4 is 17.5 Å². The predicted molar refractivity (Wildman–Crippen MR) is 88.3 cm³/mol. The van der Waals surface area contributed by atoms with Gasteiger partial charge in [0.2, 0.25) is 11.8 Å². The zero-order valence-corrected chi connectivity index (χ0v) is 13.6. The van der Waals surface area contributed by atoms with Gasteiger partial charge in [-0.25, -0.2) is 0 Å². The van der Waals surface area contributed by atoms with E-state index in [1.54, 1.807) is 4.90 Å².